The average Bonchev–Trinajstić information content (AvgIpc) is 3.07. The van der Waals surface area contributed by atoms with Crippen molar-refractivity contribution in [3.05, 3.63) is 72.9 Å². The van der Waals surface area contributed by atoms with Gasteiger partial charge in [-0.25, -0.2) is 0 Å². The van der Waals surface area contributed by atoms with Crippen LogP contribution < -0.4 is 14.2 Å². The summed E-state index contributed by atoms with van der Waals surface area (Å²) in [5.74, 6) is 1.66. The van der Waals surface area contributed by atoms with E-state index in [9.17, 15) is 0 Å². The second-order valence-corrected chi connectivity index (χ2v) is 6.08. The van der Waals surface area contributed by atoms with Crippen molar-refractivity contribution in [2.75, 3.05) is 7.11 Å². The summed E-state index contributed by atoms with van der Waals surface area (Å²) in [7, 11) is 3.59. The minimum absolute atomic E-state index is 0.350. The molecule has 3 aromatic carbocycles. The Morgan fingerprint density at radius 2 is 1.65 bits per heavy atom. The molecule has 1 heterocycles. The highest BCUT2D eigenvalue weighted by molar-refractivity contribution is 5.83. The number of methoxy groups -OCH3 is 1. The van der Waals surface area contributed by atoms with Crippen molar-refractivity contribution >= 4 is 10.8 Å². The smallest absolute Gasteiger partial charge is 0.253 e. The third kappa shape index (κ3) is 3.24. The van der Waals surface area contributed by atoms with Crippen LogP contribution in [0.4, 0.5) is 0 Å². The highest BCUT2D eigenvalue weighted by atomic mass is 16.5. The van der Waals surface area contributed by atoms with Crippen LogP contribution in [0.25, 0.3) is 22.0 Å². The molecule has 0 radical (unpaired) electrons. The molecule has 0 aliphatic heterocycles. The first-order chi connectivity index (χ1) is 12.7. The molecule has 5 nitrogen and oxygen atoms in total. The van der Waals surface area contributed by atoms with E-state index in [1.54, 1.807) is 11.8 Å². The SMILES string of the molecule is COc1ccc(-c2c[n+](COc3ccc4ccccc4c3)nn2C)cc1. The van der Waals surface area contributed by atoms with E-state index in [1.165, 1.54) is 5.39 Å². The summed E-state index contributed by atoms with van der Waals surface area (Å²) in [4.78, 5) is 0. The molecule has 0 saturated heterocycles. The highest BCUT2D eigenvalue weighted by Crippen LogP contribution is 2.22. The van der Waals surface area contributed by atoms with Gasteiger partial charge in [0.05, 0.1) is 12.3 Å². The Morgan fingerprint density at radius 1 is 0.923 bits per heavy atom. The van der Waals surface area contributed by atoms with Gasteiger partial charge in [-0.15, -0.1) is 9.36 Å². The number of hydrogen-bond acceptors (Lipinski definition) is 3. The maximum atomic E-state index is 5.91. The predicted octanol–water partition coefficient (Wildman–Crippen LogP) is 3.57. The molecule has 0 spiro atoms. The summed E-state index contributed by atoms with van der Waals surface area (Å²) in [6.07, 6.45) is 1.98. The number of benzene rings is 3. The summed E-state index contributed by atoms with van der Waals surface area (Å²) in [6.45, 7) is 0.350. The Kier molecular flexibility index (Phi) is 4.27. The minimum atomic E-state index is 0.350. The molecule has 0 aliphatic carbocycles. The summed E-state index contributed by atoms with van der Waals surface area (Å²) in [5.41, 5.74) is 2.08. The van der Waals surface area contributed by atoms with Crippen molar-refractivity contribution in [1.29, 1.82) is 0 Å². The minimum Gasteiger partial charge on any atom is -0.497 e. The molecule has 0 amide bonds. The largest absolute Gasteiger partial charge is 0.497 e. The van der Waals surface area contributed by atoms with Gasteiger partial charge in [0.2, 0.25) is 0 Å². The number of fused-ring (bicyclic) bond motifs is 1. The van der Waals surface area contributed by atoms with Crippen LogP contribution in [-0.4, -0.2) is 17.0 Å². The van der Waals surface area contributed by atoms with Crippen molar-refractivity contribution in [2.24, 2.45) is 7.05 Å². The molecule has 0 saturated carbocycles. The lowest BCUT2D eigenvalue weighted by Crippen LogP contribution is -2.38. The van der Waals surface area contributed by atoms with E-state index in [0.29, 0.717) is 6.73 Å². The third-order valence-electron chi connectivity index (χ3n) is 4.34. The van der Waals surface area contributed by atoms with Gasteiger partial charge >= 0.3 is 0 Å². The second kappa shape index (κ2) is 6.88. The van der Waals surface area contributed by atoms with Crippen molar-refractivity contribution in [3.63, 3.8) is 0 Å². The number of aryl methyl sites for hydroxylation is 1. The zero-order valence-corrected chi connectivity index (χ0v) is 14.8. The van der Waals surface area contributed by atoms with Crippen molar-refractivity contribution in [3.8, 4) is 22.8 Å². The average molecular weight is 346 g/mol. The van der Waals surface area contributed by atoms with Gasteiger partial charge in [-0.3, -0.25) is 0 Å². The molecule has 130 valence electrons. The van der Waals surface area contributed by atoms with Crippen LogP contribution in [0.1, 0.15) is 0 Å². The number of hydrogen-bond donors (Lipinski definition) is 0. The molecular formula is C21H20N3O2+. The fourth-order valence-electron chi connectivity index (χ4n) is 2.96. The zero-order valence-electron chi connectivity index (χ0n) is 14.8. The quantitative estimate of drug-likeness (QED) is 0.519. The van der Waals surface area contributed by atoms with E-state index in [1.807, 2.05) is 66.5 Å². The van der Waals surface area contributed by atoms with E-state index < -0.39 is 0 Å². The second-order valence-electron chi connectivity index (χ2n) is 6.08. The first-order valence-corrected chi connectivity index (χ1v) is 8.43. The summed E-state index contributed by atoms with van der Waals surface area (Å²) < 4.78 is 14.7. The van der Waals surface area contributed by atoms with Crippen molar-refractivity contribution < 1.29 is 14.2 Å². The molecule has 0 fully saturated rings. The van der Waals surface area contributed by atoms with Crippen LogP contribution in [0.2, 0.25) is 0 Å². The van der Waals surface area contributed by atoms with Crippen LogP contribution in [-0.2, 0) is 13.8 Å². The van der Waals surface area contributed by atoms with E-state index in [0.717, 1.165) is 28.1 Å². The van der Waals surface area contributed by atoms with E-state index in [4.69, 9.17) is 9.47 Å². The summed E-state index contributed by atoms with van der Waals surface area (Å²) in [6, 6.07) is 22.3. The third-order valence-corrected chi connectivity index (χ3v) is 4.34. The summed E-state index contributed by atoms with van der Waals surface area (Å²) in [5, 5.41) is 6.85. The van der Waals surface area contributed by atoms with Crippen molar-refractivity contribution in [1.82, 2.24) is 9.90 Å². The zero-order chi connectivity index (χ0) is 17.9. The molecule has 4 aromatic rings. The molecular weight excluding hydrogens is 326 g/mol. The van der Waals surface area contributed by atoms with Gasteiger partial charge in [0.15, 0.2) is 11.9 Å². The number of ether oxygens (including phenoxy) is 2. The van der Waals surface area contributed by atoms with Crippen LogP contribution in [0.15, 0.2) is 72.9 Å². The van der Waals surface area contributed by atoms with E-state index in [2.05, 4.69) is 23.4 Å². The molecule has 0 unspecified atom stereocenters. The van der Waals surface area contributed by atoms with Gasteiger partial charge in [-0.1, -0.05) is 30.3 Å². The normalized spacial score (nSPS) is 10.8. The molecule has 5 heteroatoms. The fourth-order valence-corrected chi connectivity index (χ4v) is 2.96. The monoisotopic (exact) mass is 346 g/mol. The lowest BCUT2D eigenvalue weighted by atomic mass is 10.1. The Labute approximate surface area is 152 Å². The van der Waals surface area contributed by atoms with Gasteiger partial charge in [-0.2, -0.15) is 0 Å². The standard InChI is InChI=1S/C21H20N3O2/c1-23-21(17-8-10-19(25-2)11-9-17)14-24(22-23)15-26-20-12-7-16-5-3-4-6-18(16)13-20/h3-14H,15H2,1-2H3/q+1. The fraction of sp³-hybridized carbons (Fsp3) is 0.143. The molecule has 0 aliphatic rings. The molecule has 0 atom stereocenters. The maximum absolute atomic E-state index is 5.91. The van der Waals surface area contributed by atoms with Gasteiger partial charge < -0.3 is 9.47 Å². The number of nitrogens with zero attached hydrogens (tertiary/aromatic N) is 3. The first-order valence-electron chi connectivity index (χ1n) is 8.43. The Morgan fingerprint density at radius 3 is 2.42 bits per heavy atom. The van der Waals surface area contributed by atoms with E-state index in [-0.39, 0.29) is 0 Å². The molecule has 26 heavy (non-hydrogen) atoms. The van der Waals surface area contributed by atoms with Gasteiger partial charge in [0.25, 0.3) is 6.73 Å². The maximum Gasteiger partial charge on any atom is 0.253 e. The number of rotatable bonds is 5. The molecule has 0 bridgehead atoms. The van der Waals surface area contributed by atoms with Crippen LogP contribution in [0, 0.1) is 0 Å². The number of aromatic nitrogens is 3. The van der Waals surface area contributed by atoms with E-state index >= 15 is 0 Å². The van der Waals surface area contributed by atoms with Gasteiger partial charge in [-0.05, 0) is 47.2 Å². The Balaban J connectivity index is 1.51. The topological polar surface area (TPSA) is 40.2 Å². The lowest BCUT2D eigenvalue weighted by Gasteiger charge is -2.04. The van der Waals surface area contributed by atoms with Crippen LogP contribution >= 0.6 is 0 Å². The predicted molar refractivity (Wildman–Crippen MR) is 100.0 cm³/mol. The highest BCUT2D eigenvalue weighted by Gasteiger charge is 2.15. The lowest BCUT2D eigenvalue weighted by molar-refractivity contribution is -0.779. The Bertz CT molecular complexity index is 1040. The first kappa shape index (κ1) is 16.1. The van der Waals surface area contributed by atoms with Gasteiger partial charge in [0.1, 0.15) is 18.5 Å². The van der Waals surface area contributed by atoms with Crippen LogP contribution in [0.5, 0.6) is 11.5 Å². The van der Waals surface area contributed by atoms with Crippen molar-refractivity contribution in [2.45, 2.75) is 6.73 Å². The molecule has 0 N–H and O–H groups in total. The summed E-state index contributed by atoms with van der Waals surface area (Å²) >= 11 is 0. The Hall–Kier alpha value is -3.34. The molecule has 1 aromatic heterocycles. The molecule has 4 rings (SSSR count). The van der Waals surface area contributed by atoms with Gasteiger partial charge in [0, 0.05) is 5.56 Å². The van der Waals surface area contributed by atoms with Crippen LogP contribution in [0.3, 0.4) is 0 Å².